The van der Waals surface area contributed by atoms with E-state index in [1.54, 1.807) is 38.1 Å². The Kier molecular flexibility index (Phi) is 4.02. The van der Waals surface area contributed by atoms with Crippen molar-refractivity contribution in [3.8, 4) is 0 Å². The van der Waals surface area contributed by atoms with Crippen molar-refractivity contribution in [2.45, 2.75) is 13.8 Å². The Labute approximate surface area is 116 Å². The largest absolute Gasteiger partial charge is 0.456 e. The van der Waals surface area contributed by atoms with Crippen molar-refractivity contribution in [1.82, 2.24) is 5.43 Å². The van der Waals surface area contributed by atoms with Gasteiger partial charge < -0.3 is 4.42 Å². The second-order valence-electron chi connectivity index (χ2n) is 4.06. The molecule has 0 saturated carbocycles. The number of carbonyl (C=O) groups excluding carboxylic acids is 1. The van der Waals surface area contributed by atoms with Gasteiger partial charge in [0.15, 0.2) is 5.76 Å². The molecule has 19 heavy (non-hydrogen) atoms. The molecule has 2 aromatic rings. The Morgan fingerprint density at radius 3 is 2.47 bits per heavy atom. The number of furan rings is 1. The SMILES string of the molecule is C/C(=N\NC(=O)c1ccc(C)o1)c1ccc(Cl)cc1. The predicted molar refractivity (Wildman–Crippen MR) is 74.6 cm³/mol. The van der Waals surface area contributed by atoms with Crippen molar-refractivity contribution in [3.05, 3.63) is 58.5 Å². The summed E-state index contributed by atoms with van der Waals surface area (Å²) in [5, 5.41) is 4.68. The van der Waals surface area contributed by atoms with Crippen LogP contribution in [0.25, 0.3) is 0 Å². The van der Waals surface area contributed by atoms with Crippen LogP contribution in [-0.2, 0) is 0 Å². The van der Waals surface area contributed by atoms with Crippen LogP contribution >= 0.6 is 11.6 Å². The standard InChI is InChI=1S/C14H13ClN2O2/c1-9-3-8-13(19-9)14(18)17-16-10(2)11-4-6-12(15)7-5-11/h3-8H,1-2H3,(H,17,18)/b16-10+. The first-order valence-electron chi connectivity index (χ1n) is 5.73. The van der Waals surface area contributed by atoms with E-state index in [1.165, 1.54) is 0 Å². The molecule has 0 fully saturated rings. The number of benzene rings is 1. The zero-order valence-electron chi connectivity index (χ0n) is 10.6. The maximum atomic E-state index is 11.7. The highest BCUT2D eigenvalue weighted by Gasteiger charge is 2.08. The third-order valence-electron chi connectivity index (χ3n) is 2.55. The fourth-order valence-electron chi connectivity index (χ4n) is 1.50. The van der Waals surface area contributed by atoms with Crippen LogP contribution < -0.4 is 5.43 Å². The second kappa shape index (κ2) is 5.71. The maximum absolute atomic E-state index is 11.7. The summed E-state index contributed by atoms with van der Waals surface area (Å²) in [7, 11) is 0. The number of aryl methyl sites for hydroxylation is 1. The van der Waals surface area contributed by atoms with E-state index in [0.717, 1.165) is 5.56 Å². The number of amides is 1. The number of halogens is 1. The molecule has 1 aromatic carbocycles. The zero-order valence-corrected chi connectivity index (χ0v) is 11.4. The Morgan fingerprint density at radius 2 is 1.89 bits per heavy atom. The second-order valence-corrected chi connectivity index (χ2v) is 4.49. The number of carbonyl (C=O) groups is 1. The summed E-state index contributed by atoms with van der Waals surface area (Å²) in [5.41, 5.74) is 4.02. The monoisotopic (exact) mass is 276 g/mol. The van der Waals surface area contributed by atoms with E-state index < -0.39 is 0 Å². The average molecular weight is 277 g/mol. The summed E-state index contributed by atoms with van der Waals surface area (Å²) in [4.78, 5) is 11.7. The molecule has 0 aliphatic carbocycles. The molecule has 98 valence electrons. The van der Waals surface area contributed by atoms with E-state index in [4.69, 9.17) is 16.0 Å². The van der Waals surface area contributed by atoms with Crippen LogP contribution in [0.3, 0.4) is 0 Å². The number of nitrogens with zero attached hydrogens (tertiary/aromatic N) is 1. The maximum Gasteiger partial charge on any atom is 0.307 e. The lowest BCUT2D eigenvalue weighted by Gasteiger charge is -2.01. The minimum atomic E-state index is -0.374. The van der Waals surface area contributed by atoms with Crippen LogP contribution in [0.4, 0.5) is 0 Å². The lowest BCUT2D eigenvalue weighted by molar-refractivity contribution is 0.0926. The van der Waals surface area contributed by atoms with Crippen molar-refractivity contribution < 1.29 is 9.21 Å². The summed E-state index contributed by atoms with van der Waals surface area (Å²) in [6, 6.07) is 10.6. The van der Waals surface area contributed by atoms with Crippen molar-refractivity contribution in [2.75, 3.05) is 0 Å². The van der Waals surface area contributed by atoms with Crippen molar-refractivity contribution in [1.29, 1.82) is 0 Å². The molecule has 0 radical (unpaired) electrons. The average Bonchev–Trinajstić information content (AvgIpc) is 2.83. The predicted octanol–water partition coefficient (Wildman–Crippen LogP) is 3.40. The fourth-order valence-corrected chi connectivity index (χ4v) is 1.63. The molecule has 1 aromatic heterocycles. The molecular formula is C14H13ClN2O2. The zero-order chi connectivity index (χ0) is 13.8. The van der Waals surface area contributed by atoms with Gasteiger partial charge >= 0.3 is 5.91 Å². The van der Waals surface area contributed by atoms with E-state index in [-0.39, 0.29) is 11.7 Å². The summed E-state index contributed by atoms with van der Waals surface area (Å²) in [6.07, 6.45) is 0. The van der Waals surface area contributed by atoms with Crippen molar-refractivity contribution in [2.24, 2.45) is 5.10 Å². The molecule has 0 aliphatic heterocycles. The minimum Gasteiger partial charge on any atom is -0.456 e. The highest BCUT2D eigenvalue weighted by Crippen LogP contribution is 2.10. The molecular weight excluding hydrogens is 264 g/mol. The number of nitrogens with one attached hydrogen (secondary N) is 1. The van der Waals surface area contributed by atoms with Gasteiger partial charge in [0.2, 0.25) is 0 Å². The van der Waals surface area contributed by atoms with Gasteiger partial charge in [0.05, 0.1) is 5.71 Å². The molecule has 1 heterocycles. The van der Waals surface area contributed by atoms with Gasteiger partial charge in [-0.15, -0.1) is 0 Å². The Balaban J connectivity index is 2.06. The summed E-state index contributed by atoms with van der Waals surface area (Å²) in [5.74, 6) is 0.551. The first-order chi connectivity index (χ1) is 9.06. The van der Waals surface area contributed by atoms with E-state index in [0.29, 0.717) is 16.5 Å². The van der Waals surface area contributed by atoms with Gasteiger partial charge in [-0.2, -0.15) is 5.10 Å². The van der Waals surface area contributed by atoms with Gasteiger partial charge in [-0.25, -0.2) is 5.43 Å². The highest BCUT2D eigenvalue weighted by atomic mass is 35.5. The lowest BCUT2D eigenvalue weighted by atomic mass is 10.1. The van der Waals surface area contributed by atoms with Crippen LogP contribution in [0, 0.1) is 6.92 Å². The Hall–Kier alpha value is -2.07. The van der Waals surface area contributed by atoms with Crippen LogP contribution in [0.15, 0.2) is 45.9 Å². The molecule has 0 aliphatic rings. The Bertz CT molecular complexity index is 615. The molecule has 1 amide bonds. The molecule has 0 spiro atoms. The highest BCUT2D eigenvalue weighted by molar-refractivity contribution is 6.30. The van der Waals surface area contributed by atoms with Crippen molar-refractivity contribution >= 4 is 23.2 Å². The van der Waals surface area contributed by atoms with Gasteiger partial charge in [-0.3, -0.25) is 4.79 Å². The third-order valence-corrected chi connectivity index (χ3v) is 2.80. The molecule has 1 N–H and O–H groups in total. The first kappa shape index (κ1) is 13.4. The van der Waals surface area contributed by atoms with E-state index >= 15 is 0 Å². The van der Waals surface area contributed by atoms with Gasteiger partial charge in [0, 0.05) is 5.02 Å². The van der Waals surface area contributed by atoms with E-state index in [2.05, 4.69) is 10.5 Å². The number of hydrazone groups is 1. The number of rotatable bonds is 3. The van der Waals surface area contributed by atoms with Gasteiger partial charge in [0.25, 0.3) is 0 Å². The quantitative estimate of drug-likeness (QED) is 0.690. The summed E-state index contributed by atoms with van der Waals surface area (Å²) in [6.45, 7) is 3.58. The molecule has 0 saturated heterocycles. The van der Waals surface area contributed by atoms with Crippen LogP contribution in [0.5, 0.6) is 0 Å². The normalized spacial score (nSPS) is 11.4. The smallest absolute Gasteiger partial charge is 0.307 e. The van der Waals surface area contributed by atoms with Crippen LogP contribution in [-0.4, -0.2) is 11.6 Å². The molecule has 4 nitrogen and oxygen atoms in total. The fraction of sp³-hybridized carbons (Fsp3) is 0.143. The Morgan fingerprint density at radius 1 is 1.21 bits per heavy atom. The summed E-state index contributed by atoms with van der Waals surface area (Å²) < 4.78 is 5.20. The minimum absolute atomic E-state index is 0.241. The number of hydrogen-bond acceptors (Lipinski definition) is 3. The number of hydrogen-bond donors (Lipinski definition) is 1. The van der Waals surface area contributed by atoms with Crippen LogP contribution in [0.2, 0.25) is 5.02 Å². The van der Waals surface area contributed by atoms with Crippen molar-refractivity contribution in [3.63, 3.8) is 0 Å². The molecule has 5 heteroatoms. The molecule has 2 rings (SSSR count). The van der Waals surface area contributed by atoms with E-state index in [9.17, 15) is 4.79 Å². The third kappa shape index (κ3) is 3.45. The van der Waals surface area contributed by atoms with Crippen LogP contribution in [0.1, 0.15) is 28.8 Å². The molecule has 0 unspecified atom stereocenters. The molecule has 0 atom stereocenters. The van der Waals surface area contributed by atoms with Gasteiger partial charge in [-0.1, -0.05) is 23.7 Å². The van der Waals surface area contributed by atoms with Gasteiger partial charge in [0.1, 0.15) is 5.76 Å². The van der Waals surface area contributed by atoms with E-state index in [1.807, 2.05) is 12.1 Å². The van der Waals surface area contributed by atoms with Gasteiger partial charge in [-0.05, 0) is 43.7 Å². The first-order valence-corrected chi connectivity index (χ1v) is 6.11. The summed E-state index contributed by atoms with van der Waals surface area (Å²) >= 11 is 5.80. The topological polar surface area (TPSA) is 54.6 Å². The lowest BCUT2D eigenvalue weighted by Crippen LogP contribution is -2.18. The molecule has 0 bridgehead atoms.